The molecule has 0 unspecified atom stereocenters. The lowest BCUT2D eigenvalue weighted by Gasteiger charge is -2.14. The smallest absolute Gasteiger partial charge is 0.307 e. The van der Waals surface area contributed by atoms with E-state index in [1.165, 1.54) is 0 Å². The average Bonchev–Trinajstić information content (AvgIpc) is 2.61. The Morgan fingerprint density at radius 3 is 2.53 bits per heavy atom. The summed E-state index contributed by atoms with van der Waals surface area (Å²) in [7, 11) is 0. The number of carboxylic acids is 1. The third-order valence-corrected chi connectivity index (χ3v) is 2.93. The fourth-order valence-electron chi connectivity index (χ4n) is 2.19. The van der Waals surface area contributed by atoms with Crippen molar-refractivity contribution in [3.05, 3.63) is 35.9 Å². The first-order valence-electron chi connectivity index (χ1n) is 5.00. The summed E-state index contributed by atoms with van der Waals surface area (Å²) in [5.74, 6) is -1.80. The molecule has 1 saturated carbocycles. The molecule has 0 heterocycles. The van der Waals surface area contributed by atoms with Crippen molar-refractivity contribution >= 4 is 11.8 Å². The summed E-state index contributed by atoms with van der Waals surface area (Å²) in [5, 5.41) is 9.01. The van der Waals surface area contributed by atoms with Gasteiger partial charge in [-0.1, -0.05) is 30.3 Å². The summed E-state index contributed by atoms with van der Waals surface area (Å²) < 4.78 is 0. The Kier molecular flexibility index (Phi) is 2.54. The SMILES string of the molecule is O=C(O)[C@@H]1CCC(=O)[C@H]1c1ccccc1. The number of Topliss-reactive ketones (excluding diaryl/α,β-unsaturated/α-hetero) is 1. The minimum absolute atomic E-state index is 0.0496. The van der Waals surface area contributed by atoms with Crippen LogP contribution in [-0.2, 0) is 9.59 Å². The van der Waals surface area contributed by atoms with Crippen molar-refractivity contribution < 1.29 is 14.7 Å². The summed E-state index contributed by atoms with van der Waals surface area (Å²) in [6, 6.07) is 9.17. The van der Waals surface area contributed by atoms with Crippen molar-refractivity contribution in [1.29, 1.82) is 0 Å². The third-order valence-electron chi connectivity index (χ3n) is 2.93. The van der Waals surface area contributed by atoms with E-state index in [1.54, 1.807) is 0 Å². The van der Waals surface area contributed by atoms with Gasteiger partial charge in [0.15, 0.2) is 0 Å². The highest BCUT2D eigenvalue weighted by Gasteiger charge is 2.39. The molecule has 2 atom stereocenters. The van der Waals surface area contributed by atoms with Crippen LogP contribution in [0.25, 0.3) is 0 Å². The quantitative estimate of drug-likeness (QED) is 0.799. The van der Waals surface area contributed by atoms with E-state index in [1.807, 2.05) is 30.3 Å². The van der Waals surface area contributed by atoms with Gasteiger partial charge in [0.05, 0.1) is 11.8 Å². The fraction of sp³-hybridized carbons (Fsp3) is 0.333. The number of rotatable bonds is 2. The molecule has 78 valence electrons. The van der Waals surface area contributed by atoms with Crippen LogP contribution in [-0.4, -0.2) is 16.9 Å². The standard InChI is InChI=1S/C12H12O3/c13-10-7-6-9(12(14)15)11(10)8-4-2-1-3-5-8/h1-5,9,11H,6-7H2,(H,14,15)/t9-,11+/m1/s1. The van der Waals surface area contributed by atoms with E-state index in [2.05, 4.69) is 0 Å². The van der Waals surface area contributed by atoms with Gasteiger partial charge < -0.3 is 5.11 Å². The minimum atomic E-state index is -0.866. The Morgan fingerprint density at radius 2 is 1.93 bits per heavy atom. The normalized spacial score (nSPS) is 25.5. The van der Waals surface area contributed by atoms with Crippen LogP contribution in [0, 0.1) is 5.92 Å². The van der Waals surface area contributed by atoms with Crippen LogP contribution in [0.15, 0.2) is 30.3 Å². The highest BCUT2D eigenvalue weighted by molar-refractivity contribution is 5.93. The highest BCUT2D eigenvalue weighted by Crippen LogP contribution is 2.36. The number of hydrogen-bond acceptors (Lipinski definition) is 2. The van der Waals surface area contributed by atoms with E-state index in [4.69, 9.17) is 5.11 Å². The number of carbonyl (C=O) groups excluding carboxylic acids is 1. The zero-order valence-electron chi connectivity index (χ0n) is 8.22. The first-order chi connectivity index (χ1) is 7.20. The maximum absolute atomic E-state index is 11.6. The second kappa shape index (κ2) is 3.85. The van der Waals surface area contributed by atoms with Crippen molar-refractivity contribution in [3.8, 4) is 0 Å². The molecule has 1 fully saturated rings. The molecule has 0 amide bonds. The van der Waals surface area contributed by atoms with E-state index in [0.717, 1.165) is 5.56 Å². The van der Waals surface area contributed by atoms with E-state index in [-0.39, 0.29) is 5.78 Å². The number of hydrogen-bond donors (Lipinski definition) is 1. The molecule has 15 heavy (non-hydrogen) atoms. The molecule has 1 N–H and O–H groups in total. The molecule has 1 aliphatic rings. The first kappa shape index (κ1) is 9.90. The summed E-state index contributed by atoms with van der Waals surface area (Å²) in [6.45, 7) is 0. The van der Waals surface area contributed by atoms with Gasteiger partial charge >= 0.3 is 5.97 Å². The van der Waals surface area contributed by atoms with Gasteiger partial charge in [-0.05, 0) is 12.0 Å². The zero-order chi connectivity index (χ0) is 10.8. The maximum Gasteiger partial charge on any atom is 0.307 e. The van der Waals surface area contributed by atoms with Gasteiger partial charge in [0.25, 0.3) is 0 Å². The van der Waals surface area contributed by atoms with Crippen molar-refractivity contribution in [2.24, 2.45) is 5.92 Å². The van der Waals surface area contributed by atoms with E-state index < -0.39 is 17.8 Å². The topological polar surface area (TPSA) is 54.4 Å². The molecule has 0 saturated heterocycles. The second-order valence-corrected chi connectivity index (χ2v) is 3.84. The van der Waals surface area contributed by atoms with Gasteiger partial charge in [0, 0.05) is 6.42 Å². The molecule has 0 aliphatic heterocycles. The third kappa shape index (κ3) is 1.77. The number of carbonyl (C=O) groups is 2. The molecule has 0 spiro atoms. The number of carboxylic acid groups (broad SMARTS) is 1. The Hall–Kier alpha value is -1.64. The maximum atomic E-state index is 11.6. The zero-order valence-corrected chi connectivity index (χ0v) is 8.22. The Bertz CT molecular complexity index is 383. The minimum Gasteiger partial charge on any atom is -0.481 e. The highest BCUT2D eigenvalue weighted by atomic mass is 16.4. The molecule has 3 heteroatoms. The molecule has 0 bridgehead atoms. The van der Waals surface area contributed by atoms with Crippen molar-refractivity contribution in [1.82, 2.24) is 0 Å². The Balaban J connectivity index is 2.33. The van der Waals surface area contributed by atoms with Crippen LogP contribution < -0.4 is 0 Å². The molecule has 0 aromatic heterocycles. The van der Waals surface area contributed by atoms with Gasteiger partial charge in [-0.15, -0.1) is 0 Å². The van der Waals surface area contributed by atoms with Crippen molar-refractivity contribution in [2.45, 2.75) is 18.8 Å². The van der Waals surface area contributed by atoms with Gasteiger partial charge in [-0.2, -0.15) is 0 Å². The monoisotopic (exact) mass is 204 g/mol. The average molecular weight is 204 g/mol. The Labute approximate surface area is 87.7 Å². The summed E-state index contributed by atoms with van der Waals surface area (Å²) in [6.07, 6.45) is 0.851. The molecule has 1 aliphatic carbocycles. The van der Waals surface area contributed by atoms with Crippen LogP contribution in [0.2, 0.25) is 0 Å². The predicted molar refractivity (Wildman–Crippen MR) is 54.5 cm³/mol. The lowest BCUT2D eigenvalue weighted by atomic mass is 9.88. The number of aliphatic carboxylic acids is 1. The molecule has 0 radical (unpaired) electrons. The Morgan fingerprint density at radius 1 is 1.27 bits per heavy atom. The lowest BCUT2D eigenvalue weighted by Crippen LogP contribution is -2.20. The van der Waals surface area contributed by atoms with E-state index >= 15 is 0 Å². The molecule has 2 rings (SSSR count). The van der Waals surface area contributed by atoms with Crippen LogP contribution >= 0.6 is 0 Å². The molecular formula is C12H12O3. The number of benzene rings is 1. The van der Waals surface area contributed by atoms with Crippen LogP contribution in [0.1, 0.15) is 24.3 Å². The first-order valence-corrected chi connectivity index (χ1v) is 5.00. The fourth-order valence-corrected chi connectivity index (χ4v) is 2.19. The molecule has 1 aromatic carbocycles. The van der Waals surface area contributed by atoms with Crippen LogP contribution in [0.4, 0.5) is 0 Å². The van der Waals surface area contributed by atoms with Crippen molar-refractivity contribution in [3.63, 3.8) is 0 Å². The molecule has 1 aromatic rings. The van der Waals surface area contributed by atoms with Gasteiger partial charge in [-0.3, -0.25) is 9.59 Å². The number of ketones is 1. The van der Waals surface area contributed by atoms with Gasteiger partial charge in [-0.25, -0.2) is 0 Å². The van der Waals surface area contributed by atoms with Gasteiger partial charge in [0.1, 0.15) is 5.78 Å². The van der Waals surface area contributed by atoms with E-state index in [0.29, 0.717) is 12.8 Å². The van der Waals surface area contributed by atoms with Crippen molar-refractivity contribution in [2.75, 3.05) is 0 Å². The van der Waals surface area contributed by atoms with Gasteiger partial charge in [0.2, 0.25) is 0 Å². The summed E-state index contributed by atoms with van der Waals surface area (Å²) in [4.78, 5) is 22.6. The molecular weight excluding hydrogens is 192 g/mol. The lowest BCUT2D eigenvalue weighted by molar-refractivity contribution is -0.142. The molecule has 3 nitrogen and oxygen atoms in total. The van der Waals surface area contributed by atoms with E-state index in [9.17, 15) is 9.59 Å². The van der Waals surface area contributed by atoms with Crippen LogP contribution in [0.3, 0.4) is 0 Å². The van der Waals surface area contributed by atoms with Crippen LogP contribution in [0.5, 0.6) is 0 Å². The largest absolute Gasteiger partial charge is 0.481 e. The second-order valence-electron chi connectivity index (χ2n) is 3.84. The summed E-state index contributed by atoms with van der Waals surface area (Å²) >= 11 is 0. The predicted octanol–water partition coefficient (Wildman–Crippen LogP) is 1.83. The summed E-state index contributed by atoms with van der Waals surface area (Å²) in [5.41, 5.74) is 0.826.